The van der Waals surface area contributed by atoms with E-state index < -0.39 is 10.0 Å². The van der Waals surface area contributed by atoms with Crippen LogP contribution in [0.1, 0.15) is 53.6 Å². The maximum absolute atomic E-state index is 13.0. The normalized spacial score (nSPS) is 15.2. The number of aryl methyl sites for hydroxylation is 2. The molecule has 8 heteroatoms. The fraction of sp³-hybridized carbons (Fsp3) is 0.458. The first-order valence-corrected chi connectivity index (χ1v) is 13.0. The molecule has 0 spiro atoms. The first-order chi connectivity index (χ1) is 15.3. The van der Waals surface area contributed by atoms with Crippen LogP contribution < -0.4 is 10.0 Å². The topological polar surface area (TPSA) is 78.5 Å². The highest BCUT2D eigenvalue weighted by atomic mass is 35.5. The van der Waals surface area contributed by atoms with E-state index in [1.807, 2.05) is 26.0 Å². The maximum Gasteiger partial charge on any atom is 0.263 e. The molecule has 1 fully saturated rings. The van der Waals surface area contributed by atoms with Crippen LogP contribution in [-0.2, 0) is 10.0 Å². The number of halogens is 1. The van der Waals surface area contributed by atoms with Gasteiger partial charge in [0.1, 0.15) is 4.90 Å². The Balaban J connectivity index is 1.63. The van der Waals surface area contributed by atoms with Gasteiger partial charge in [-0.2, -0.15) is 0 Å². The van der Waals surface area contributed by atoms with Gasteiger partial charge in [-0.1, -0.05) is 42.1 Å². The lowest BCUT2D eigenvalue weighted by Gasteiger charge is -2.19. The van der Waals surface area contributed by atoms with Gasteiger partial charge in [0.25, 0.3) is 15.9 Å². The zero-order valence-electron chi connectivity index (χ0n) is 18.8. The van der Waals surface area contributed by atoms with Gasteiger partial charge in [-0.3, -0.25) is 9.52 Å². The smallest absolute Gasteiger partial charge is 0.263 e. The molecule has 2 aromatic rings. The van der Waals surface area contributed by atoms with Gasteiger partial charge in [0.05, 0.1) is 10.7 Å². The third kappa shape index (κ3) is 6.70. The van der Waals surface area contributed by atoms with Gasteiger partial charge in [-0.15, -0.1) is 0 Å². The van der Waals surface area contributed by atoms with E-state index in [2.05, 4.69) is 14.9 Å². The molecule has 0 unspecified atom stereocenters. The number of nitrogens with zero attached hydrogens (tertiary/aromatic N) is 1. The second-order valence-corrected chi connectivity index (χ2v) is 10.5. The molecule has 32 heavy (non-hydrogen) atoms. The van der Waals surface area contributed by atoms with E-state index in [4.69, 9.17) is 11.6 Å². The van der Waals surface area contributed by atoms with Crippen molar-refractivity contribution in [1.29, 1.82) is 0 Å². The van der Waals surface area contributed by atoms with Crippen LogP contribution in [0.15, 0.2) is 41.3 Å². The van der Waals surface area contributed by atoms with Crippen molar-refractivity contribution in [2.24, 2.45) is 0 Å². The first-order valence-electron chi connectivity index (χ1n) is 11.2. The molecule has 6 nitrogen and oxygen atoms in total. The molecule has 0 saturated carbocycles. The number of likely N-dealkylation sites (tertiary alicyclic amines) is 1. The van der Waals surface area contributed by atoms with Crippen LogP contribution in [0.25, 0.3) is 0 Å². The number of rotatable bonds is 8. The van der Waals surface area contributed by atoms with Crippen LogP contribution in [0.5, 0.6) is 0 Å². The summed E-state index contributed by atoms with van der Waals surface area (Å²) in [6, 6.07) is 9.78. The fourth-order valence-electron chi connectivity index (χ4n) is 3.94. The minimum Gasteiger partial charge on any atom is -0.352 e. The van der Waals surface area contributed by atoms with E-state index in [9.17, 15) is 13.2 Å². The number of hydrogen-bond acceptors (Lipinski definition) is 4. The van der Waals surface area contributed by atoms with Crippen molar-refractivity contribution < 1.29 is 13.2 Å². The molecule has 0 atom stereocenters. The molecule has 174 valence electrons. The Morgan fingerprint density at radius 2 is 1.75 bits per heavy atom. The first kappa shape index (κ1) is 24.6. The second kappa shape index (κ2) is 11.2. The minimum absolute atomic E-state index is 0.0694. The van der Waals surface area contributed by atoms with Gasteiger partial charge in [-0.05, 0) is 82.6 Å². The fourth-order valence-corrected chi connectivity index (χ4v) is 5.60. The van der Waals surface area contributed by atoms with Gasteiger partial charge < -0.3 is 10.2 Å². The number of benzene rings is 2. The quantitative estimate of drug-likeness (QED) is 0.537. The molecule has 0 aromatic heterocycles. The zero-order valence-corrected chi connectivity index (χ0v) is 20.4. The molecule has 0 bridgehead atoms. The van der Waals surface area contributed by atoms with Gasteiger partial charge in [0.2, 0.25) is 0 Å². The Morgan fingerprint density at radius 3 is 2.44 bits per heavy atom. The number of nitrogens with one attached hydrogen (secondary N) is 2. The minimum atomic E-state index is -3.95. The molecule has 2 N–H and O–H groups in total. The zero-order chi connectivity index (χ0) is 23.1. The van der Waals surface area contributed by atoms with E-state index in [-0.39, 0.29) is 21.4 Å². The summed E-state index contributed by atoms with van der Waals surface area (Å²) in [4.78, 5) is 14.9. The Morgan fingerprint density at radius 1 is 1.03 bits per heavy atom. The predicted molar refractivity (Wildman–Crippen MR) is 130 cm³/mol. The maximum atomic E-state index is 13.0. The lowest BCUT2D eigenvalue weighted by atomic mass is 10.1. The summed E-state index contributed by atoms with van der Waals surface area (Å²) in [5, 5.41) is 2.96. The average molecular weight is 478 g/mol. The molecule has 0 radical (unpaired) electrons. The molecule has 1 aliphatic heterocycles. The van der Waals surface area contributed by atoms with E-state index in [1.165, 1.54) is 37.8 Å². The molecule has 3 rings (SSSR count). The van der Waals surface area contributed by atoms with Crippen LogP contribution in [0.3, 0.4) is 0 Å². The summed E-state index contributed by atoms with van der Waals surface area (Å²) in [5.41, 5.74) is 2.60. The van der Waals surface area contributed by atoms with Crippen LogP contribution in [0.4, 0.5) is 5.69 Å². The second-order valence-electron chi connectivity index (χ2n) is 8.43. The molecule has 1 heterocycles. The van der Waals surface area contributed by atoms with Gasteiger partial charge in [-0.25, -0.2) is 8.42 Å². The number of carbonyl (C=O) groups excluding carboxylic acids is 1. The summed E-state index contributed by atoms with van der Waals surface area (Å²) < 4.78 is 28.5. The third-order valence-corrected chi connectivity index (χ3v) is 7.59. The van der Waals surface area contributed by atoms with Crippen molar-refractivity contribution in [2.75, 3.05) is 30.9 Å². The van der Waals surface area contributed by atoms with E-state index in [0.717, 1.165) is 37.2 Å². The monoisotopic (exact) mass is 477 g/mol. The number of amides is 1. The Kier molecular flexibility index (Phi) is 8.57. The van der Waals surface area contributed by atoms with Crippen LogP contribution in [0.2, 0.25) is 5.02 Å². The highest BCUT2D eigenvalue weighted by Gasteiger charge is 2.21. The summed E-state index contributed by atoms with van der Waals surface area (Å²) in [6.45, 7) is 7.53. The van der Waals surface area contributed by atoms with Crippen molar-refractivity contribution in [3.63, 3.8) is 0 Å². The van der Waals surface area contributed by atoms with Gasteiger partial charge >= 0.3 is 0 Å². The summed E-state index contributed by atoms with van der Waals surface area (Å²) in [6.07, 6.45) is 5.94. The number of anilines is 1. The van der Waals surface area contributed by atoms with Gasteiger partial charge in [0.15, 0.2) is 0 Å². The van der Waals surface area contributed by atoms with Crippen molar-refractivity contribution in [1.82, 2.24) is 10.2 Å². The number of carbonyl (C=O) groups is 1. The third-order valence-electron chi connectivity index (χ3n) is 5.74. The summed E-state index contributed by atoms with van der Waals surface area (Å²) >= 11 is 6.19. The lowest BCUT2D eigenvalue weighted by molar-refractivity contribution is 0.0951. The Labute approximate surface area is 196 Å². The number of hydrogen-bond donors (Lipinski definition) is 2. The van der Waals surface area contributed by atoms with Crippen molar-refractivity contribution in [2.45, 2.75) is 50.8 Å². The van der Waals surface area contributed by atoms with E-state index in [1.54, 1.807) is 12.1 Å². The SMILES string of the molecule is Cc1ccc(NS(=O)(=O)c2cc(C(=O)NCCCN3CCCCCC3)ccc2Cl)c(C)c1. The average Bonchev–Trinajstić information content (AvgIpc) is 3.02. The van der Waals surface area contributed by atoms with Crippen molar-refractivity contribution in [3.05, 3.63) is 58.1 Å². The summed E-state index contributed by atoms with van der Waals surface area (Å²) in [7, 11) is -3.95. The van der Waals surface area contributed by atoms with Crippen LogP contribution >= 0.6 is 11.6 Å². The predicted octanol–water partition coefficient (Wildman–Crippen LogP) is 4.75. The highest BCUT2D eigenvalue weighted by molar-refractivity contribution is 7.92. The van der Waals surface area contributed by atoms with Crippen LogP contribution in [-0.4, -0.2) is 45.4 Å². The van der Waals surface area contributed by atoms with E-state index >= 15 is 0 Å². The van der Waals surface area contributed by atoms with E-state index in [0.29, 0.717) is 12.2 Å². The van der Waals surface area contributed by atoms with Crippen molar-refractivity contribution in [3.8, 4) is 0 Å². The molecule has 1 saturated heterocycles. The molecule has 1 amide bonds. The lowest BCUT2D eigenvalue weighted by Crippen LogP contribution is -2.30. The number of sulfonamides is 1. The molecule has 1 aliphatic rings. The summed E-state index contributed by atoms with van der Waals surface area (Å²) in [5.74, 6) is -0.305. The Bertz CT molecular complexity index is 1050. The highest BCUT2D eigenvalue weighted by Crippen LogP contribution is 2.26. The van der Waals surface area contributed by atoms with Crippen molar-refractivity contribution >= 4 is 33.2 Å². The molecular formula is C24H32ClN3O3S. The van der Waals surface area contributed by atoms with Crippen LogP contribution in [0, 0.1) is 13.8 Å². The molecule has 0 aliphatic carbocycles. The largest absolute Gasteiger partial charge is 0.352 e. The standard InChI is InChI=1S/C24H32ClN3O3S/c1-18-8-11-22(19(2)16-18)27-32(30,31)23-17-20(9-10-21(23)25)24(29)26-12-7-15-28-13-5-3-4-6-14-28/h8-11,16-17,27H,3-7,12-15H2,1-2H3,(H,26,29). The molecule has 2 aromatic carbocycles. The van der Waals surface area contributed by atoms with Gasteiger partial charge in [0, 0.05) is 12.1 Å². The molecular weight excluding hydrogens is 446 g/mol. The Hall–Kier alpha value is -2.09.